The summed E-state index contributed by atoms with van der Waals surface area (Å²) in [5.41, 5.74) is 2.90. The van der Waals surface area contributed by atoms with E-state index in [1.165, 1.54) is 0 Å². The van der Waals surface area contributed by atoms with Gasteiger partial charge in [-0.25, -0.2) is 4.79 Å². The van der Waals surface area contributed by atoms with Gasteiger partial charge in [0.05, 0.1) is 17.2 Å². The van der Waals surface area contributed by atoms with Crippen molar-refractivity contribution >= 4 is 17.2 Å². The van der Waals surface area contributed by atoms with Crippen LogP contribution in [0.4, 0.5) is 0 Å². The Morgan fingerprint density at radius 2 is 2.18 bits per heavy atom. The summed E-state index contributed by atoms with van der Waals surface area (Å²) in [5.74, 6) is 5.15. The highest BCUT2D eigenvalue weighted by Gasteiger charge is 2.28. The van der Waals surface area contributed by atoms with Crippen molar-refractivity contribution in [2.45, 2.75) is 18.9 Å². The number of fused-ring (bicyclic) bond motifs is 1. The van der Waals surface area contributed by atoms with E-state index in [1.807, 2.05) is 22.8 Å². The van der Waals surface area contributed by atoms with E-state index in [1.54, 1.807) is 17.8 Å². The average Bonchev–Trinajstić information content (AvgIpc) is 3.10. The van der Waals surface area contributed by atoms with Gasteiger partial charge in [-0.05, 0) is 30.5 Å². The number of hydrogen-bond donors (Lipinski definition) is 1. The number of imidazole rings is 1. The minimum absolute atomic E-state index is 0.0596. The summed E-state index contributed by atoms with van der Waals surface area (Å²) < 4.78 is 3.57. The van der Waals surface area contributed by atoms with Gasteiger partial charge in [0.25, 0.3) is 0 Å². The predicted octanol–water partition coefficient (Wildman–Crippen LogP) is 0.967. The average molecular weight is 230 g/mol. The van der Waals surface area contributed by atoms with Crippen molar-refractivity contribution in [3.8, 4) is 0 Å². The summed E-state index contributed by atoms with van der Waals surface area (Å²) in [6, 6.07) is 6.18. The SMILES string of the molecule is Cn1c(=O)n(C2CC2)c2cc(C=NN)ccc21. The lowest BCUT2D eigenvalue weighted by Gasteiger charge is -2.00. The van der Waals surface area contributed by atoms with Gasteiger partial charge in [0, 0.05) is 13.1 Å². The molecule has 0 bridgehead atoms. The number of nitrogens with two attached hydrogens (primary N) is 1. The molecule has 1 aromatic heterocycles. The van der Waals surface area contributed by atoms with Crippen LogP contribution in [0.15, 0.2) is 28.1 Å². The van der Waals surface area contributed by atoms with Gasteiger partial charge in [-0.1, -0.05) is 6.07 Å². The maximum Gasteiger partial charge on any atom is 0.329 e. The quantitative estimate of drug-likeness (QED) is 0.474. The van der Waals surface area contributed by atoms with Gasteiger partial charge in [0.2, 0.25) is 0 Å². The molecule has 1 fully saturated rings. The summed E-state index contributed by atoms with van der Waals surface area (Å²) in [4.78, 5) is 12.1. The van der Waals surface area contributed by atoms with E-state index in [0.717, 1.165) is 29.4 Å². The molecule has 0 amide bonds. The van der Waals surface area contributed by atoms with Crippen LogP contribution in [0.2, 0.25) is 0 Å². The van der Waals surface area contributed by atoms with Gasteiger partial charge < -0.3 is 5.84 Å². The molecular weight excluding hydrogens is 216 g/mol. The second kappa shape index (κ2) is 3.48. The van der Waals surface area contributed by atoms with Gasteiger partial charge in [0.15, 0.2) is 0 Å². The monoisotopic (exact) mass is 230 g/mol. The highest BCUT2D eigenvalue weighted by atomic mass is 16.1. The molecule has 1 aliphatic carbocycles. The first-order valence-electron chi connectivity index (χ1n) is 5.66. The fourth-order valence-corrected chi connectivity index (χ4v) is 2.24. The van der Waals surface area contributed by atoms with Crippen LogP contribution in [0, 0.1) is 0 Å². The third-order valence-electron chi connectivity index (χ3n) is 3.25. The highest BCUT2D eigenvalue weighted by molar-refractivity contribution is 5.87. The van der Waals surface area contributed by atoms with Crippen LogP contribution in [0.5, 0.6) is 0 Å². The Bertz CT molecular complexity index is 661. The number of hydrazone groups is 1. The van der Waals surface area contributed by atoms with Crippen molar-refractivity contribution < 1.29 is 0 Å². The van der Waals surface area contributed by atoms with Crippen LogP contribution in [-0.2, 0) is 7.05 Å². The minimum Gasteiger partial charge on any atom is -0.323 e. The second-order valence-corrected chi connectivity index (χ2v) is 4.47. The molecule has 88 valence electrons. The zero-order valence-corrected chi connectivity index (χ0v) is 9.63. The normalized spacial score (nSPS) is 16.1. The van der Waals surface area contributed by atoms with E-state index >= 15 is 0 Å². The maximum atomic E-state index is 12.1. The van der Waals surface area contributed by atoms with Gasteiger partial charge in [-0.3, -0.25) is 9.13 Å². The number of benzene rings is 1. The van der Waals surface area contributed by atoms with E-state index in [2.05, 4.69) is 5.10 Å². The second-order valence-electron chi connectivity index (χ2n) is 4.47. The van der Waals surface area contributed by atoms with Crippen LogP contribution in [-0.4, -0.2) is 15.3 Å². The minimum atomic E-state index is 0.0596. The van der Waals surface area contributed by atoms with Crippen LogP contribution < -0.4 is 11.5 Å². The molecule has 17 heavy (non-hydrogen) atoms. The first-order chi connectivity index (χ1) is 8.22. The van der Waals surface area contributed by atoms with Gasteiger partial charge in [-0.15, -0.1) is 0 Å². The van der Waals surface area contributed by atoms with Crippen molar-refractivity contribution in [2.75, 3.05) is 0 Å². The van der Waals surface area contributed by atoms with Crippen LogP contribution in [0.1, 0.15) is 24.4 Å². The van der Waals surface area contributed by atoms with Crippen molar-refractivity contribution in [3.63, 3.8) is 0 Å². The Morgan fingerprint density at radius 1 is 1.41 bits per heavy atom. The third-order valence-corrected chi connectivity index (χ3v) is 3.25. The molecule has 0 saturated heterocycles. The third kappa shape index (κ3) is 1.46. The molecule has 3 rings (SSSR count). The van der Waals surface area contributed by atoms with Crippen LogP contribution in [0.25, 0.3) is 11.0 Å². The topological polar surface area (TPSA) is 65.3 Å². The summed E-state index contributed by atoms with van der Waals surface area (Å²) in [7, 11) is 1.81. The maximum absolute atomic E-state index is 12.1. The van der Waals surface area contributed by atoms with E-state index in [0.29, 0.717) is 6.04 Å². The Kier molecular flexibility index (Phi) is 2.07. The van der Waals surface area contributed by atoms with Gasteiger partial charge in [-0.2, -0.15) is 5.10 Å². The molecule has 0 atom stereocenters. The van der Waals surface area contributed by atoms with E-state index in [4.69, 9.17) is 5.84 Å². The molecule has 2 N–H and O–H groups in total. The summed E-state index contributed by atoms with van der Waals surface area (Å²) in [5, 5.41) is 3.51. The molecule has 0 aliphatic heterocycles. The fraction of sp³-hybridized carbons (Fsp3) is 0.333. The zero-order valence-electron chi connectivity index (χ0n) is 9.63. The molecule has 0 unspecified atom stereocenters. The summed E-state index contributed by atoms with van der Waals surface area (Å²) >= 11 is 0. The Morgan fingerprint density at radius 3 is 2.82 bits per heavy atom. The molecule has 1 aromatic carbocycles. The molecule has 1 saturated carbocycles. The summed E-state index contributed by atoms with van der Waals surface area (Å²) in [6.07, 6.45) is 3.77. The number of aromatic nitrogens is 2. The number of hydrogen-bond acceptors (Lipinski definition) is 3. The lowest BCUT2D eigenvalue weighted by atomic mass is 10.2. The molecule has 2 aromatic rings. The van der Waals surface area contributed by atoms with Crippen LogP contribution in [0.3, 0.4) is 0 Å². The van der Waals surface area contributed by atoms with Crippen LogP contribution >= 0.6 is 0 Å². The molecule has 0 radical (unpaired) electrons. The lowest BCUT2D eigenvalue weighted by molar-refractivity contribution is 0.696. The first kappa shape index (κ1) is 10.1. The largest absolute Gasteiger partial charge is 0.329 e. The number of nitrogens with zero attached hydrogens (tertiary/aromatic N) is 3. The molecule has 5 nitrogen and oxygen atoms in total. The predicted molar refractivity (Wildman–Crippen MR) is 67.2 cm³/mol. The molecule has 1 aliphatic rings. The van der Waals surface area contributed by atoms with Crippen molar-refractivity contribution in [1.29, 1.82) is 0 Å². The number of aryl methyl sites for hydroxylation is 1. The van der Waals surface area contributed by atoms with Gasteiger partial charge >= 0.3 is 5.69 Å². The first-order valence-corrected chi connectivity index (χ1v) is 5.66. The molecule has 1 heterocycles. The standard InChI is InChI=1S/C12H14N4O/c1-15-10-5-2-8(7-14-13)6-11(10)16(12(15)17)9-3-4-9/h2,5-7,9H,3-4,13H2,1H3. The Labute approximate surface area is 98.1 Å². The van der Waals surface area contributed by atoms with Crippen molar-refractivity contribution in [2.24, 2.45) is 18.0 Å². The van der Waals surface area contributed by atoms with E-state index in [-0.39, 0.29) is 5.69 Å². The van der Waals surface area contributed by atoms with Crippen molar-refractivity contribution in [3.05, 3.63) is 34.2 Å². The fourth-order valence-electron chi connectivity index (χ4n) is 2.24. The number of rotatable bonds is 2. The smallest absolute Gasteiger partial charge is 0.323 e. The highest BCUT2D eigenvalue weighted by Crippen LogP contribution is 2.36. The summed E-state index contributed by atoms with van der Waals surface area (Å²) in [6.45, 7) is 0. The Balaban J connectivity index is 2.33. The lowest BCUT2D eigenvalue weighted by Crippen LogP contribution is -2.21. The molecule has 0 spiro atoms. The van der Waals surface area contributed by atoms with Gasteiger partial charge in [0.1, 0.15) is 0 Å². The molecule has 5 heteroatoms. The van der Waals surface area contributed by atoms with E-state index in [9.17, 15) is 4.79 Å². The van der Waals surface area contributed by atoms with E-state index < -0.39 is 0 Å². The Hall–Kier alpha value is -2.04. The zero-order chi connectivity index (χ0) is 12.0. The molecular formula is C12H14N4O. The van der Waals surface area contributed by atoms with Crippen molar-refractivity contribution in [1.82, 2.24) is 9.13 Å².